The summed E-state index contributed by atoms with van der Waals surface area (Å²) in [7, 11) is 0. The third-order valence-electron chi connectivity index (χ3n) is 6.44. The SMILES string of the molecule is O=C1Nc2cc(Cl)ccc2[C@@]12[C@@H](c1cc(Cl)nc(Cl)c1)C[C@H](CO)N2CC1CC1. The van der Waals surface area contributed by atoms with Crippen molar-refractivity contribution in [3.05, 3.63) is 56.8 Å². The average molecular weight is 453 g/mol. The summed E-state index contributed by atoms with van der Waals surface area (Å²) in [6.07, 6.45) is 2.92. The summed E-state index contributed by atoms with van der Waals surface area (Å²) in [5, 5.41) is 14.4. The number of nitrogens with zero attached hydrogens (tertiary/aromatic N) is 2. The summed E-state index contributed by atoms with van der Waals surface area (Å²) in [5.41, 5.74) is 1.52. The van der Waals surface area contributed by atoms with Gasteiger partial charge in [0.1, 0.15) is 15.8 Å². The maximum atomic E-state index is 13.6. The monoisotopic (exact) mass is 451 g/mol. The van der Waals surface area contributed by atoms with Crippen LogP contribution in [0.3, 0.4) is 0 Å². The molecule has 8 heteroatoms. The number of hydrogen-bond acceptors (Lipinski definition) is 4. The van der Waals surface area contributed by atoms with Gasteiger partial charge in [-0.05, 0) is 55.0 Å². The Labute approximate surface area is 184 Å². The van der Waals surface area contributed by atoms with Crippen molar-refractivity contribution in [3.63, 3.8) is 0 Å². The van der Waals surface area contributed by atoms with E-state index in [-0.39, 0.29) is 24.5 Å². The lowest BCUT2D eigenvalue weighted by molar-refractivity contribution is -0.128. The van der Waals surface area contributed by atoms with Crippen LogP contribution in [0.5, 0.6) is 0 Å². The number of anilines is 1. The molecule has 152 valence electrons. The molecule has 2 fully saturated rings. The van der Waals surface area contributed by atoms with Gasteiger partial charge in [-0.2, -0.15) is 0 Å². The molecule has 1 saturated heterocycles. The summed E-state index contributed by atoms with van der Waals surface area (Å²) in [5.74, 6) is 0.229. The number of aromatic nitrogens is 1. The maximum Gasteiger partial charge on any atom is 0.250 e. The Bertz CT molecular complexity index is 977. The highest BCUT2D eigenvalue weighted by molar-refractivity contribution is 6.32. The van der Waals surface area contributed by atoms with Crippen LogP contribution in [-0.4, -0.2) is 40.1 Å². The topological polar surface area (TPSA) is 65.5 Å². The van der Waals surface area contributed by atoms with Gasteiger partial charge in [-0.25, -0.2) is 4.98 Å². The lowest BCUT2D eigenvalue weighted by atomic mass is 9.75. The van der Waals surface area contributed by atoms with Crippen molar-refractivity contribution in [2.45, 2.75) is 36.8 Å². The zero-order valence-electron chi connectivity index (χ0n) is 15.5. The highest BCUT2D eigenvalue weighted by Gasteiger charge is 2.63. The summed E-state index contributed by atoms with van der Waals surface area (Å²) in [6, 6.07) is 8.93. The standard InChI is InChI=1S/C21H20Cl3N3O2/c22-13-3-4-15-17(7-13)25-20(29)21(15)16(12-5-18(23)26-19(24)6-12)8-14(10-28)27(21)9-11-1-2-11/h3-7,11,14,16,28H,1-2,8-10H2,(H,25,29)/t14-,16-,21-/m1/s1. The molecule has 1 spiro atoms. The molecular formula is C21H20Cl3N3O2. The van der Waals surface area contributed by atoms with Crippen LogP contribution < -0.4 is 5.32 Å². The van der Waals surface area contributed by atoms with E-state index in [0.717, 1.165) is 36.2 Å². The van der Waals surface area contributed by atoms with Crippen molar-refractivity contribution < 1.29 is 9.90 Å². The number of aliphatic hydroxyl groups excluding tert-OH is 1. The number of pyridine rings is 1. The number of fused-ring (bicyclic) bond motifs is 2. The van der Waals surface area contributed by atoms with Gasteiger partial charge in [-0.15, -0.1) is 0 Å². The minimum atomic E-state index is -0.941. The first-order chi connectivity index (χ1) is 13.9. The first-order valence-corrected chi connectivity index (χ1v) is 10.9. The highest BCUT2D eigenvalue weighted by Crippen LogP contribution is 2.58. The second kappa shape index (κ2) is 7.10. The minimum Gasteiger partial charge on any atom is -0.395 e. The van der Waals surface area contributed by atoms with E-state index in [9.17, 15) is 9.90 Å². The fourth-order valence-electron chi connectivity index (χ4n) is 5.09. The Hall–Kier alpha value is -1.37. The zero-order valence-corrected chi connectivity index (χ0v) is 17.8. The number of amides is 1. The first kappa shape index (κ1) is 19.6. The average Bonchev–Trinajstić information content (AvgIpc) is 3.36. The number of benzene rings is 1. The lowest BCUT2D eigenvalue weighted by Crippen LogP contribution is -2.53. The van der Waals surface area contributed by atoms with Crippen molar-refractivity contribution >= 4 is 46.4 Å². The van der Waals surface area contributed by atoms with Crippen molar-refractivity contribution in [2.75, 3.05) is 18.5 Å². The van der Waals surface area contributed by atoms with Gasteiger partial charge in [0.25, 0.3) is 0 Å². The molecule has 0 bridgehead atoms. The van der Waals surface area contributed by atoms with E-state index in [1.807, 2.05) is 12.1 Å². The first-order valence-electron chi connectivity index (χ1n) is 9.75. The van der Waals surface area contributed by atoms with Crippen molar-refractivity contribution in [1.29, 1.82) is 0 Å². The summed E-state index contributed by atoms with van der Waals surface area (Å²) in [4.78, 5) is 19.9. The van der Waals surface area contributed by atoms with E-state index >= 15 is 0 Å². The molecule has 1 aromatic heterocycles. The highest BCUT2D eigenvalue weighted by atomic mass is 35.5. The largest absolute Gasteiger partial charge is 0.395 e. The summed E-state index contributed by atoms with van der Waals surface area (Å²) in [6.45, 7) is 0.748. The van der Waals surface area contributed by atoms with Gasteiger partial charge in [-0.3, -0.25) is 9.69 Å². The number of carbonyl (C=O) groups excluding carboxylic acids is 1. The Morgan fingerprint density at radius 1 is 1.17 bits per heavy atom. The Balaban J connectivity index is 1.73. The van der Waals surface area contributed by atoms with Gasteiger partial charge < -0.3 is 10.4 Å². The van der Waals surface area contributed by atoms with Crippen LogP contribution >= 0.6 is 34.8 Å². The van der Waals surface area contributed by atoms with E-state index in [1.54, 1.807) is 18.2 Å². The fraction of sp³-hybridized carbons (Fsp3) is 0.429. The number of carbonyl (C=O) groups is 1. The van der Waals surface area contributed by atoms with E-state index in [2.05, 4.69) is 15.2 Å². The summed E-state index contributed by atoms with van der Waals surface area (Å²) >= 11 is 18.6. The number of nitrogens with one attached hydrogen (secondary N) is 1. The van der Waals surface area contributed by atoms with E-state index in [1.165, 1.54) is 0 Å². The Morgan fingerprint density at radius 3 is 2.55 bits per heavy atom. The molecule has 29 heavy (non-hydrogen) atoms. The molecule has 3 heterocycles. The number of halogens is 3. The molecule has 5 rings (SSSR count). The van der Waals surface area contributed by atoms with Gasteiger partial charge in [0.05, 0.1) is 6.61 Å². The molecule has 2 aromatic rings. The molecule has 0 unspecified atom stereocenters. The molecule has 3 atom stereocenters. The third kappa shape index (κ3) is 3.06. The lowest BCUT2D eigenvalue weighted by Gasteiger charge is -2.39. The van der Waals surface area contributed by atoms with Crippen LogP contribution in [0.1, 0.15) is 36.3 Å². The molecule has 2 N–H and O–H groups in total. The van der Waals surface area contributed by atoms with Gasteiger partial charge in [-0.1, -0.05) is 40.9 Å². The predicted octanol–water partition coefficient (Wildman–Crippen LogP) is 4.45. The van der Waals surface area contributed by atoms with Crippen molar-refractivity contribution in [2.24, 2.45) is 5.92 Å². The minimum absolute atomic E-state index is 0.0201. The van der Waals surface area contributed by atoms with Crippen LogP contribution in [0.15, 0.2) is 30.3 Å². The molecule has 5 nitrogen and oxygen atoms in total. The van der Waals surface area contributed by atoms with Gasteiger partial charge in [0.2, 0.25) is 5.91 Å². The van der Waals surface area contributed by atoms with Gasteiger partial charge >= 0.3 is 0 Å². The number of likely N-dealkylation sites (tertiary alicyclic amines) is 1. The van der Waals surface area contributed by atoms with Crippen molar-refractivity contribution in [1.82, 2.24) is 9.88 Å². The number of aliphatic hydroxyl groups is 1. The Morgan fingerprint density at radius 2 is 1.90 bits per heavy atom. The molecule has 1 aromatic carbocycles. The molecule has 0 radical (unpaired) electrons. The second-order valence-electron chi connectivity index (χ2n) is 8.18. The van der Waals surface area contributed by atoms with Crippen LogP contribution in [0.4, 0.5) is 5.69 Å². The van der Waals surface area contributed by atoms with Gasteiger partial charge in [0, 0.05) is 34.8 Å². The molecule has 1 amide bonds. The number of rotatable bonds is 4. The van der Waals surface area contributed by atoms with Crippen LogP contribution in [0.25, 0.3) is 0 Å². The molecule has 2 aliphatic heterocycles. The number of hydrogen-bond donors (Lipinski definition) is 2. The zero-order chi connectivity index (χ0) is 20.3. The molecule has 3 aliphatic rings. The maximum absolute atomic E-state index is 13.6. The van der Waals surface area contributed by atoms with Crippen molar-refractivity contribution in [3.8, 4) is 0 Å². The predicted molar refractivity (Wildman–Crippen MR) is 114 cm³/mol. The third-order valence-corrected chi connectivity index (χ3v) is 7.06. The van der Waals surface area contributed by atoms with E-state index in [0.29, 0.717) is 27.7 Å². The van der Waals surface area contributed by atoms with E-state index in [4.69, 9.17) is 34.8 Å². The van der Waals surface area contributed by atoms with Gasteiger partial charge in [0.15, 0.2) is 0 Å². The fourth-order valence-corrected chi connectivity index (χ4v) is 5.74. The second-order valence-corrected chi connectivity index (χ2v) is 9.39. The molecule has 1 saturated carbocycles. The smallest absolute Gasteiger partial charge is 0.250 e. The van der Waals surface area contributed by atoms with Crippen LogP contribution in [0.2, 0.25) is 15.3 Å². The molecule has 1 aliphatic carbocycles. The normalized spacial score (nSPS) is 28.8. The van der Waals surface area contributed by atoms with Crippen LogP contribution in [-0.2, 0) is 10.3 Å². The Kier molecular flexibility index (Phi) is 4.80. The van der Waals surface area contributed by atoms with E-state index < -0.39 is 5.54 Å². The summed E-state index contributed by atoms with van der Waals surface area (Å²) < 4.78 is 0. The molecular weight excluding hydrogens is 433 g/mol. The quantitative estimate of drug-likeness (QED) is 0.673. The van der Waals surface area contributed by atoms with Crippen LogP contribution in [0, 0.1) is 5.92 Å².